The number of pyridine rings is 1. The molecule has 0 unspecified atom stereocenters. The molecule has 1 saturated carbocycles. The number of aromatic nitrogens is 1. The highest BCUT2D eigenvalue weighted by molar-refractivity contribution is 7.89. The van der Waals surface area contributed by atoms with Gasteiger partial charge in [-0.2, -0.15) is 4.31 Å². The van der Waals surface area contributed by atoms with Gasteiger partial charge in [0, 0.05) is 49.4 Å². The zero-order chi connectivity index (χ0) is 25.2. The van der Waals surface area contributed by atoms with Crippen molar-refractivity contribution in [2.45, 2.75) is 43.7 Å². The fraction of sp³-hybridized carbons (Fsp3) is 0.462. The number of hydrogen-bond donors (Lipinski definition) is 1. The molecule has 4 rings (SSSR count). The maximum atomic E-state index is 13.6. The number of rotatable bonds is 5. The van der Waals surface area contributed by atoms with Crippen molar-refractivity contribution in [2.75, 3.05) is 26.7 Å². The molecule has 186 valence electrons. The summed E-state index contributed by atoms with van der Waals surface area (Å²) in [6.45, 7) is 3.65. The Balaban J connectivity index is 1.69. The molecule has 9 heteroatoms. The van der Waals surface area contributed by atoms with Crippen LogP contribution in [0.25, 0.3) is 0 Å². The second-order valence-corrected chi connectivity index (χ2v) is 11.2. The first-order chi connectivity index (χ1) is 16.7. The summed E-state index contributed by atoms with van der Waals surface area (Å²) >= 11 is 0. The molecule has 2 aliphatic rings. The van der Waals surface area contributed by atoms with Crippen LogP contribution in [-0.4, -0.2) is 72.5 Å². The zero-order valence-electron chi connectivity index (χ0n) is 20.2. The van der Waals surface area contributed by atoms with Crippen molar-refractivity contribution in [2.24, 2.45) is 11.8 Å². The van der Waals surface area contributed by atoms with Gasteiger partial charge in [0.25, 0.3) is 5.91 Å². The Morgan fingerprint density at radius 3 is 2.77 bits per heavy atom. The highest BCUT2D eigenvalue weighted by Crippen LogP contribution is 2.34. The van der Waals surface area contributed by atoms with E-state index in [2.05, 4.69) is 16.8 Å². The molecule has 1 aliphatic heterocycles. The van der Waals surface area contributed by atoms with Crippen LogP contribution in [-0.2, 0) is 10.0 Å². The van der Waals surface area contributed by atoms with Crippen LogP contribution in [0.5, 0.6) is 5.75 Å². The summed E-state index contributed by atoms with van der Waals surface area (Å²) in [7, 11) is -2.23. The highest BCUT2D eigenvalue weighted by atomic mass is 32.2. The summed E-state index contributed by atoms with van der Waals surface area (Å²) in [5.41, 5.74) is 1.14. The topological polar surface area (TPSA) is 100 Å². The Labute approximate surface area is 207 Å². The van der Waals surface area contributed by atoms with E-state index in [1.807, 2.05) is 6.92 Å². The second kappa shape index (κ2) is 10.4. The van der Waals surface area contributed by atoms with Crippen LogP contribution < -0.4 is 4.74 Å². The summed E-state index contributed by atoms with van der Waals surface area (Å²) in [4.78, 5) is 18.5. The largest absolute Gasteiger partial charge is 0.487 e. The number of ether oxygens (including phenoxy) is 1. The minimum atomic E-state index is -3.92. The Morgan fingerprint density at radius 2 is 2.11 bits per heavy atom. The standard InChI is InChI=1S/C26H31N3O5S/c1-18-15-29(19(2)17-30)35(32,33)25-11-10-21(9-8-20-6-7-20)13-23(25)34-24(18)16-28(3)26(31)22-5-4-12-27-14-22/h4-5,10-14,18-20,24,30H,6-7,15-17H2,1-3H3/t18-,19+,24+/m0/s1. The first kappa shape index (κ1) is 25.2. The number of carbonyl (C=O) groups is 1. The second-order valence-electron chi connectivity index (χ2n) is 9.37. The fourth-order valence-electron chi connectivity index (χ4n) is 4.00. The number of benzene rings is 1. The number of sulfonamides is 1. The molecule has 2 aromatic rings. The van der Waals surface area contributed by atoms with Crippen LogP contribution in [0.4, 0.5) is 0 Å². The van der Waals surface area contributed by atoms with Crippen molar-refractivity contribution in [3.63, 3.8) is 0 Å². The quantitative estimate of drug-likeness (QED) is 0.637. The van der Waals surface area contributed by atoms with Crippen LogP contribution in [0, 0.1) is 23.7 Å². The van der Waals surface area contributed by atoms with Gasteiger partial charge in [0.05, 0.1) is 18.7 Å². The molecule has 8 nitrogen and oxygen atoms in total. The average molecular weight is 498 g/mol. The van der Waals surface area contributed by atoms with Gasteiger partial charge < -0.3 is 14.7 Å². The van der Waals surface area contributed by atoms with E-state index in [-0.39, 0.29) is 42.2 Å². The Morgan fingerprint density at radius 1 is 1.34 bits per heavy atom. The Kier molecular flexibility index (Phi) is 7.45. The van der Waals surface area contributed by atoms with Gasteiger partial charge in [-0.25, -0.2) is 8.42 Å². The van der Waals surface area contributed by atoms with E-state index >= 15 is 0 Å². The third-order valence-electron chi connectivity index (χ3n) is 6.37. The number of nitrogens with zero attached hydrogens (tertiary/aromatic N) is 3. The molecule has 1 aromatic carbocycles. The van der Waals surface area contributed by atoms with E-state index in [9.17, 15) is 18.3 Å². The number of likely N-dealkylation sites (N-methyl/N-ethyl adjacent to an activating group) is 1. The summed E-state index contributed by atoms with van der Waals surface area (Å²) < 4.78 is 34.8. The molecule has 0 radical (unpaired) electrons. The lowest BCUT2D eigenvalue weighted by atomic mass is 10.0. The summed E-state index contributed by atoms with van der Waals surface area (Å²) in [6.07, 6.45) is 4.81. The van der Waals surface area contributed by atoms with Crippen molar-refractivity contribution >= 4 is 15.9 Å². The van der Waals surface area contributed by atoms with E-state index in [1.54, 1.807) is 49.3 Å². The molecule has 0 spiro atoms. The van der Waals surface area contributed by atoms with Gasteiger partial charge in [-0.05, 0) is 50.1 Å². The van der Waals surface area contributed by atoms with Crippen LogP contribution in [0.15, 0.2) is 47.6 Å². The lowest BCUT2D eigenvalue weighted by Gasteiger charge is -2.37. The minimum absolute atomic E-state index is 0.0351. The van der Waals surface area contributed by atoms with Crippen molar-refractivity contribution in [1.29, 1.82) is 0 Å². The average Bonchev–Trinajstić information content (AvgIpc) is 3.69. The smallest absolute Gasteiger partial charge is 0.255 e. The predicted molar refractivity (Wildman–Crippen MR) is 131 cm³/mol. The zero-order valence-corrected chi connectivity index (χ0v) is 21.0. The summed E-state index contributed by atoms with van der Waals surface area (Å²) in [5.74, 6) is 6.46. The molecule has 1 amide bonds. The number of aliphatic hydroxyl groups excluding tert-OH is 1. The van der Waals surface area contributed by atoms with E-state index < -0.39 is 22.2 Å². The molecule has 1 aromatic heterocycles. The first-order valence-corrected chi connectivity index (χ1v) is 13.2. The number of amides is 1. The van der Waals surface area contributed by atoms with Crippen LogP contribution in [0.2, 0.25) is 0 Å². The van der Waals surface area contributed by atoms with Gasteiger partial charge in [-0.1, -0.05) is 18.8 Å². The number of aliphatic hydroxyl groups is 1. The lowest BCUT2D eigenvalue weighted by molar-refractivity contribution is 0.0563. The van der Waals surface area contributed by atoms with Gasteiger partial charge in [0.2, 0.25) is 10.0 Å². The molecule has 3 atom stereocenters. The number of carbonyl (C=O) groups excluding carboxylic acids is 1. The van der Waals surface area contributed by atoms with Gasteiger partial charge >= 0.3 is 0 Å². The minimum Gasteiger partial charge on any atom is -0.487 e. The molecule has 0 bridgehead atoms. The van der Waals surface area contributed by atoms with Crippen molar-refractivity contribution < 1.29 is 23.1 Å². The SMILES string of the molecule is C[C@H](CO)N1C[C@H](C)[C@@H](CN(C)C(=O)c2cccnc2)Oc2cc(C#CC3CC3)ccc2S1(=O)=O. The maximum absolute atomic E-state index is 13.6. The summed E-state index contributed by atoms with van der Waals surface area (Å²) in [6, 6.07) is 7.67. The normalized spacial score (nSPS) is 22.4. The monoisotopic (exact) mass is 497 g/mol. The van der Waals surface area contributed by atoms with E-state index in [1.165, 1.54) is 16.6 Å². The molecular formula is C26H31N3O5S. The van der Waals surface area contributed by atoms with Crippen molar-refractivity contribution in [3.8, 4) is 17.6 Å². The highest BCUT2D eigenvalue weighted by Gasteiger charge is 2.38. The van der Waals surface area contributed by atoms with E-state index in [0.717, 1.165) is 12.8 Å². The van der Waals surface area contributed by atoms with Crippen molar-refractivity contribution in [1.82, 2.24) is 14.2 Å². The van der Waals surface area contributed by atoms with Crippen LogP contribution in [0.3, 0.4) is 0 Å². The van der Waals surface area contributed by atoms with E-state index in [4.69, 9.17) is 4.74 Å². The third-order valence-corrected chi connectivity index (χ3v) is 8.39. The van der Waals surface area contributed by atoms with Crippen molar-refractivity contribution in [3.05, 3.63) is 53.9 Å². The molecule has 1 N–H and O–H groups in total. The number of hydrogen-bond acceptors (Lipinski definition) is 6. The summed E-state index contributed by atoms with van der Waals surface area (Å²) in [5, 5.41) is 9.78. The fourth-order valence-corrected chi connectivity index (χ4v) is 5.82. The Hall–Kier alpha value is -2.93. The maximum Gasteiger partial charge on any atom is 0.255 e. The van der Waals surface area contributed by atoms with Gasteiger partial charge in [-0.15, -0.1) is 0 Å². The third kappa shape index (κ3) is 5.67. The molecular weight excluding hydrogens is 466 g/mol. The molecule has 0 saturated heterocycles. The van der Waals surface area contributed by atoms with E-state index in [0.29, 0.717) is 17.0 Å². The number of fused-ring (bicyclic) bond motifs is 1. The molecule has 2 heterocycles. The van der Waals surface area contributed by atoms with Crippen LogP contribution in [0.1, 0.15) is 42.6 Å². The van der Waals surface area contributed by atoms with Crippen LogP contribution >= 0.6 is 0 Å². The molecule has 1 fully saturated rings. The Bertz CT molecular complexity index is 1230. The lowest BCUT2D eigenvalue weighted by Crippen LogP contribution is -2.50. The predicted octanol–water partition coefficient (Wildman–Crippen LogP) is 2.38. The van der Waals surface area contributed by atoms with Gasteiger partial charge in [-0.3, -0.25) is 9.78 Å². The van der Waals surface area contributed by atoms with Gasteiger partial charge in [0.15, 0.2) is 0 Å². The first-order valence-electron chi connectivity index (χ1n) is 11.8. The molecule has 35 heavy (non-hydrogen) atoms. The van der Waals surface area contributed by atoms with Gasteiger partial charge in [0.1, 0.15) is 16.7 Å². The molecule has 1 aliphatic carbocycles.